The second-order valence-corrected chi connectivity index (χ2v) is 7.39. The Morgan fingerprint density at radius 3 is 2.11 bits per heavy atom. The minimum atomic E-state index is -1.92. The van der Waals surface area contributed by atoms with E-state index >= 15 is 0 Å². The van der Waals surface area contributed by atoms with Gasteiger partial charge in [-0.05, 0) is 16.9 Å². The molecule has 28 heavy (non-hydrogen) atoms. The van der Waals surface area contributed by atoms with Crippen LogP contribution in [-0.4, -0.2) is 37.7 Å². The van der Waals surface area contributed by atoms with Crippen LogP contribution in [0.25, 0.3) is 4.91 Å². The van der Waals surface area contributed by atoms with E-state index in [1.54, 1.807) is 54.6 Å². The van der Waals surface area contributed by atoms with Crippen LogP contribution in [0.2, 0.25) is 0 Å². The van der Waals surface area contributed by atoms with Crippen molar-refractivity contribution in [1.29, 1.82) is 0 Å². The Morgan fingerprint density at radius 2 is 1.54 bits per heavy atom. The molecule has 0 aliphatic heterocycles. The van der Waals surface area contributed by atoms with Gasteiger partial charge in [0, 0.05) is 10.5 Å². The second-order valence-electron chi connectivity index (χ2n) is 6.11. The summed E-state index contributed by atoms with van der Waals surface area (Å²) in [6.45, 7) is 1.94. The number of ketones is 1. The number of benzene rings is 2. The molecule has 5 nitrogen and oxygen atoms in total. The molecular formula is C22H20O5S. The first-order chi connectivity index (χ1) is 13.5. The smallest absolute Gasteiger partial charge is 0.336 e. The molecule has 0 bridgehead atoms. The van der Waals surface area contributed by atoms with Crippen LogP contribution in [0, 0.1) is 0 Å². The van der Waals surface area contributed by atoms with Gasteiger partial charge >= 0.3 is 11.9 Å². The van der Waals surface area contributed by atoms with Crippen LogP contribution in [0.3, 0.4) is 0 Å². The monoisotopic (exact) mass is 396 g/mol. The van der Waals surface area contributed by atoms with Gasteiger partial charge in [-0.1, -0.05) is 61.5 Å². The Balaban J connectivity index is 2.52. The molecule has 0 saturated heterocycles. The van der Waals surface area contributed by atoms with E-state index in [0.717, 1.165) is 0 Å². The molecule has 3 rings (SSSR count). The summed E-state index contributed by atoms with van der Waals surface area (Å²) in [5, 5.41) is 0. The Morgan fingerprint density at radius 1 is 0.929 bits per heavy atom. The number of hydrogen-bond acceptors (Lipinski definition) is 6. The molecule has 0 aromatic heterocycles. The van der Waals surface area contributed by atoms with Gasteiger partial charge < -0.3 is 9.47 Å². The number of carbonyl (C=O) groups is 3. The van der Waals surface area contributed by atoms with Gasteiger partial charge in [0.15, 0.2) is 11.2 Å². The van der Waals surface area contributed by atoms with Gasteiger partial charge in [-0.3, -0.25) is 9.59 Å². The van der Waals surface area contributed by atoms with E-state index in [-0.39, 0.29) is 5.57 Å². The number of ether oxygens (including phenoxy) is 2. The van der Waals surface area contributed by atoms with Gasteiger partial charge in [-0.15, -0.1) is 11.8 Å². The largest absolute Gasteiger partial charge is 0.468 e. The molecule has 0 radical (unpaired) electrons. The predicted octanol–water partition coefficient (Wildman–Crippen LogP) is 3.63. The van der Waals surface area contributed by atoms with E-state index in [1.165, 1.54) is 26.0 Å². The molecule has 0 heterocycles. The van der Waals surface area contributed by atoms with Crippen molar-refractivity contribution in [3.8, 4) is 0 Å². The third-order valence-corrected chi connectivity index (χ3v) is 5.74. The van der Waals surface area contributed by atoms with Crippen LogP contribution in [0.1, 0.15) is 28.4 Å². The quantitative estimate of drug-likeness (QED) is 0.568. The standard InChI is InChI=1S/C22H20O5S/c1-4-28-18-15-12-8-9-13-16(15)19(23)22(21(25)27-3,17(18)20(24)26-2)14-10-6-5-7-11-14/h5-13H,4H2,1-3H3. The molecule has 1 atom stereocenters. The average molecular weight is 396 g/mol. The number of fused-ring (bicyclic) bond motifs is 1. The first-order valence-electron chi connectivity index (χ1n) is 8.78. The fraction of sp³-hybridized carbons (Fsp3) is 0.227. The Bertz CT molecular complexity index is 964. The number of methoxy groups -OCH3 is 2. The molecule has 1 aliphatic rings. The molecule has 1 aliphatic carbocycles. The van der Waals surface area contributed by atoms with Gasteiger partial charge in [-0.25, -0.2) is 4.79 Å². The first kappa shape index (κ1) is 19.9. The van der Waals surface area contributed by atoms with E-state index < -0.39 is 23.1 Å². The maximum absolute atomic E-state index is 13.8. The first-order valence-corrected chi connectivity index (χ1v) is 9.76. The highest BCUT2D eigenvalue weighted by atomic mass is 32.2. The van der Waals surface area contributed by atoms with Gasteiger partial charge in [0.25, 0.3) is 0 Å². The zero-order valence-corrected chi connectivity index (χ0v) is 16.7. The normalized spacial score (nSPS) is 18.5. The third-order valence-electron chi connectivity index (χ3n) is 4.74. The lowest BCUT2D eigenvalue weighted by molar-refractivity contribution is -0.147. The van der Waals surface area contributed by atoms with Crippen LogP contribution in [0.4, 0.5) is 0 Å². The second kappa shape index (κ2) is 8.02. The lowest BCUT2D eigenvalue weighted by atomic mass is 9.65. The van der Waals surface area contributed by atoms with Crippen LogP contribution in [-0.2, 0) is 24.5 Å². The van der Waals surface area contributed by atoms with Crippen LogP contribution in [0.15, 0.2) is 60.2 Å². The molecule has 144 valence electrons. The lowest BCUT2D eigenvalue weighted by Gasteiger charge is -2.36. The molecule has 0 amide bonds. The third kappa shape index (κ3) is 2.85. The zero-order valence-electron chi connectivity index (χ0n) is 15.9. The fourth-order valence-electron chi connectivity index (χ4n) is 3.57. The fourth-order valence-corrected chi connectivity index (χ4v) is 4.57. The van der Waals surface area contributed by atoms with Crippen molar-refractivity contribution in [3.05, 3.63) is 76.9 Å². The van der Waals surface area contributed by atoms with Crippen molar-refractivity contribution >= 4 is 34.4 Å². The van der Waals surface area contributed by atoms with Gasteiger partial charge in [-0.2, -0.15) is 0 Å². The minimum Gasteiger partial charge on any atom is -0.468 e. The molecular weight excluding hydrogens is 376 g/mol. The number of carbonyl (C=O) groups excluding carboxylic acids is 3. The van der Waals surface area contributed by atoms with Gasteiger partial charge in [0.05, 0.1) is 19.8 Å². The van der Waals surface area contributed by atoms with Crippen molar-refractivity contribution in [3.63, 3.8) is 0 Å². The summed E-state index contributed by atoms with van der Waals surface area (Å²) < 4.78 is 10.1. The average Bonchev–Trinajstić information content (AvgIpc) is 2.75. The number of esters is 2. The molecule has 6 heteroatoms. The molecule has 1 unspecified atom stereocenters. The number of rotatable bonds is 5. The molecule has 2 aromatic carbocycles. The van der Waals surface area contributed by atoms with Crippen molar-refractivity contribution in [2.45, 2.75) is 12.3 Å². The Labute approximate surface area is 167 Å². The van der Waals surface area contributed by atoms with Crippen molar-refractivity contribution < 1.29 is 23.9 Å². The lowest BCUT2D eigenvalue weighted by Crippen LogP contribution is -2.51. The summed E-state index contributed by atoms with van der Waals surface area (Å²) in [7, 11) is 2.45. The zero-order chi connectivity index (χ0) is 20.3. The summed E-state index contributed by atoms with van der Waals surface area (Å²) in [6, 6.07) is 15.5. The van der Waals surface area contributed by atoms with E-state index in [1.807, 2.05) is 6.92 Å². The highest BCUT2D eigenvalue weighted by Gasteiger charge is 2.58. The molecule has 0 saturated carbocycles. The summed E-state index contributed by atoms with van der Waals surface area (Å²) in [6.07, 6.45) is 0. The van der Waals surface area contributed by atoms with Gasteiger partial charge in [0.2, 0.25) is 0 Å². The molecule has 0 N–H and O–H groups in total. The van der Waals surface area contributed by atoms with Crippen molar-refractivity contribution in [1.82, 2.24) is 0 Å². The summed E-state index contributed by atoms with van der Waals surface area (Å²) in [5.41, 5.74) is -0.551. The summed E-state index contributed by atoms with van der Waals surface area (Å²) in [4.78, 5) is 40.5. The van der Waals surface area contributed by atoms with E-state index in [0.29, 0.717) is 27.3 Å². The Kier molecular flexibility index (Phi) is 5.70. The maximum Gasteiger partial charge on any atom is 0.336 e. The number of hydrogen-bond donors (Lipinski definition) is 0. The summed E-state index contributed by atoms with van der Waals surface area (Å²) >= 11 is 1.39. The molecule has 0 spiro atoms. The Hall–Kier alpha value is -2.86. The number of Topliss-reactive ketones (excluding diaryl/α,β-unsaturated/α-hetero) is 1. The number of thioether (sulfide) groups is 1. The minimum absolute atomic E-state index is 0.00333. The topological polar surface area (TPSA) is 69.7 Å². The van der Waals surface area contributed by atoms with E-state index in [4.69, 9.17) is 9.47 Å². The maximum atomic E-state index is 13.8. The highest BCUT2D eigenvalue weighted by molar-refractivity contribution is 8.08. The molecule has 0 fully saturated rings. The van der Waals surface area contributed by atoms with Crippen molar-refractivity contribution in [2.75, 3.05) is 20.0 Å². The van der Waals surface area contributed by atoms with Crippen molar-refractivity contribution in [2.24, 2.45) is 0 Å². The van der Waals surface area contributed by atoms with E-state index in [9.17, 15) is 14.4 Å². The van der Waals surface area contributed by atoms with E-state index in [2.05, 4.69) is 0 Å². The predicted molar refractivity (Wildman–Crippen MR) is 108 cm³/mol. The SMILES string of the molecule is CCSC1=C(C(=O)OC)C(C(=O)OC)(c2ccccc2)C(=O)c2ccccc21. The van der Waals surface area contributed by atoms with Crippen LogP contribution in [0.5, 0.6) is 0 Å². The summed E-state index contributed by atoms with van der Waals surface area (Å²) in [5.74, 6) is -1.40. The van der Waals surface area contributed by atoms with Crippen LogP contribution < -0.4 is 0 Å². The molecule has 2 aromatic rings. The van der Waals surface area contributed by atoms with Crippen LogP contribution >= 0.6 is 11.8 Å². The highest BCUT2D eigenvalue weighted by Crippen LogP contribution is 2.49. The van der Waals surface area contributed by atoms with Gasteiger partial charge in [0.1, 0.15) is 0 Å².